The number of rotatable bonds is 4. The molecule has 8 N–H and O–H groups in total. The van der Waals surface area contributed by atoms with Crippen LogP contribution < -0.4 is 0 Å². The van der Waals surface area contributed by atoms with Gasteiger partial charge in [0.1, 0.15) is 48.8 Å². The maximum absolute atomic E-state index is 9.94. The molecule has 0 aliphatic carbocycles. The molecule has 2 aliphatic rings. The summed E-state index contributed by atoms with van der Waals surface area (Å²) in [5.74, 6) is 0. The minimum atomic E-state index is -1.74. The van der Waals surface area contributed by atoms with Gasteiger partial charge in [0.15, 0.2) is 12.6 Å². The summed E-state index contributed by atoms with van der Waals surface area (Å²) in [6.45, 7) is -1.35. The zero-order chi connectivity index (χ0) is 17.3. The molecule has 2 fully saturated rings. The summed E-state index contributed by atoms with van der Waals surface area (Å²) in [6, 6.07) is 0. The van der Waals surface area contributed by atoms with Gasteiger partial charge in [-0.15, -0.1) is 0 Å². The lowest BCUT2D eigenvalue weighted by atomic mass is 9.97. The minimum Gasteiger partial charge on any atom is -0.394 e. The van der Waals surface area contributed by atoms with E-state index in [1.54, 1.807) is 0 Å². The molecular weight excluding hydrogens is 320 g/mol. The van der Waals surface area contributed by atoms with Crippen LogP contribution in [-0.2, 0) is 14.2 Å². The first-order valence-corrected chi connectivity index (χ1v) is 7.08. The van der Waals surface area contributed by atoms with Crippen molar-refractivity contribution in [3.63, 3.8) is 0 Å². The van der Waals surface area contributed by atoms with Gasteiger partial charge in [-0.05, 0) is 0 Å². The van der Waals surface area contributed by atoms with Crippen molar-refractivity contribution in [1.82, 2.24) is 0 Å². The molecule has 0 saturated carbocycles. The quantitative estimate of drug-likeness (QED) is 0.243. The van der Waals surface area contributed by atoms with Gasteiger partial charge < -0.3 is 55.1 Å². The molecule has 2 saturated heterocycles. The second-order valence-corrected chi connectivity index (χ2v) is 5.53. The van der Waals surface area contributed by atoms with Gasteiger partial charge in [0, 0.05) is 0 Å². The van der Waals surface area contributed by atoms with Gasteiger partial charge in [-0.1, -0.05) is 0 Å². The summed E-state index contributed by atoms with van der Waals surface area (Å²) >= 11 is 0. The molecule has 2 heterocycles. The maximum Gasteiger partial charge on any atom is 0.187 e. The molecule has 11 nitrogen and oxygen atoms in total. The van der Waals surface area contributed by atoms with Crippen LogP contribution in [0.4, 0.5) is 0 Å². The van der Waals surface area contributed by atoms with Crippen LogP contribution in [0.1, 0.15) is 0 Å². The predicted molar refractivity (Wildman–Crippen MR) is 68.6 cm³/mol. The molecule has 23 heavy (non-hydrogen) atoms. The van der Waals surface area contributed by atoms with E-state index in [-0.39, 0.29) is 0 Å². The van der Waals surface area contributed by atoms with E-state index in [1.807, 2.05) is 0 Å². The van der Waals surface area contributed by atoms with Gasteiger partial charge in [-0.25, -0.2) is 0 Å². The third kappa shape index (κ3) is 3.65. The normalized spacial score (nSPS) is 51.7. The molecule has 5 unspecified atom stereocenters. The number of aliphatic hydroxyl groups is 8. The van der Waals surface area contributed by atoms with Crippen LogP contribution in [0.25, 0.3) is 0 Å². The summed E-state index contributed by atoms with van der Waals surface area (Å²) in [7, 11) is 0. The topological polar surface area (TPSA) is 190 Å². The van der Waals surface area contributed by atoms with Gasteiger partial charge in [0.05, 0.1) is 13.2 Å². The summed E-state index contributed by atoms with van der Waals surface area (Å²) in [4.78, 5) is 0. The van der Waals surface area contributed by atoms with Crippen LogP contribution >= 0.6 is 0 Å². The van der Waals surface area contributed by atoms with E-state index in [9.17, 15) is 35.7 Å². The fourth-order valence-electron chi connectivity index (χ4n) is 2.57. The molecule has 136 valence electrons. The Bertz CT molecular complexity index is 378. The van der Waals surface area contributed by atoms with E-state index in [2.05, 4.69) is 0 Å². The minimum absolute atomic E-state index is 0.667. The van der Waals surface area contributed by atoms with Crippen molar-refractivity contribution >= 4 is 0 Å². The lowest BCUT2D eigenvalue weighted by Crippen LogP contribution is -2.64. The Balaban J connectivity index is 2.11. The van der Waals surface area contributed by atoms with Gasteiger partial charge in [0.2, 0.25) is 0 Å². The first-order chi connectivity index (χ1) is 10.8. The summed E-state index contributed by atoms with van der Waals surface area (Å²) < 4.78 is 15.3. The van der Waals surface area contributed by atoms with E-state index < -0.39 is 74.6 Å². The zero-order valence-electron chi connectivity index (χ0n) is 12.0. The van der Waals surface area contributed by atoms with Gasteiger partial charge >= 0.3 is 0 Å². The molecule has 0 spiro atoms. The highest BCUT2D eigenvalue weighted by atomic mass is 16.7. The molecule has 0 aromatic heterocycles. The highest BCUT2D eigenvalue weighted by molar-refractivity contribution is 4.93. The van der Waals surface area contributed by atoms with Gasteiger partial charge in [-0.3, -0.25) is 0 Å². The molecule has 2 aliphatic heterocycles. The second-order valence-electron chi connectivity index (χ2n) is 5.53. The summed E-state index contributed by atoms with van der Waals surface area (Å²) in [5, 5.41) is 76.5. The van der Waals surface area contributed by atoms with E-state index in [1.165, 1.54) is 0 Å². The van der Waals surface area contributed by atoms with Crippen molar-refractivity contribution in [2.45, 2.75) is 61.4 Å². The van der Waals surface area contributed by atoms with Crippen molar-refractivity contribution in [3.8, 4) is 0 Å². The Labute approximate surface area is 130 Å². The number of aliphatic hydroxyl groups excluding tert-OH is 8. The SMILES string of the molecule is OC[C@H]1OC(O[C@H]2[C@H](O)[C@H](O)C(O)O[C@@H]2CO)C(O)C(O)C1O. The zero-order valence-corrected chi connectivity index (χ0v) is 12.0. The Kier molecular flexibility index (Phi) is 6.27. The fraction of sp³-hybridized carbons (Fsp3) is 1.00. The first kappa shape index (κ1) is 18.9. The summed E-state index contributed by atoms with van der Waals surface area (Å²) in [6.07, 6.45) is -15.6. The highest BCUT2D eigenvalue weighted by Crippen LogP contribution is 2.28. The Morgan fingerprint density at radius 3 is 1.83 bits per heavy atom. The maximum atomic E-state index is 9.94. The number of hydrogen-bond acceptors (Lipinski definition) is 11. The summed E-state index contributed by atoms with van der Waals surface area (Å²) in [5.41, 5.74) is 0. The standard InChI is InChI=1S/C12H22O11/c13-1-3-5(15)6(16)9(19)12(22-3)23-10-4(2-14)21-11(20)8(18)7(10)17/h3-20H,1-2H2/t3-,4-,5?,6?,7-,8+,9?,10-,11?,12?/m1/s1. The van der Waals surface area contributed by atoms with Gasteiger partial charge in [-0.2, -0.15) is 0 Å². The molecular formula is C12H22O11. The Morgan fingerprint density at radius 2 is 1.26 bits per heavy atom. The van der Waals surface area contributed by atoms with Crippen LogP contribution in [0.3, 0.4) is 0 Å². The molecule has 0 radical (unpaired) electrons. The number of hydrogen-bond donors (Lipinski definition) is 8. The monoisotopic (exact) mass is 342 g/mol. The molecule has 2 rings (SSSR count). The Morgan fingerprint density at radius 1 is 0.652 bits per heavy atom. The van der Waals surface area contributed by atoms with Crippen LogP contribution in [0.5, 0.6) is 0 Å². The van der Waals surface area contributed by atoms with Crippen molar-refractivity contribution < 1.29 is 55.1 Å². The van der Waals surface area contributed by atoms with Crippen molar-refractivity contribution in [2.75, 3.05) is 13.2 Å². The van der Waals surface area contributed by atoms with Crippen LogP contribution in [0.2, 0.25) is 0 Å². The lowest BCUT2D eigenvalue weighted by molar-refractivity contribution is -0.355. The average molecular weight is 342 g/mol. The average Bonchev–Trinajstić information content (AvgIpc) is 2.55. The third-order valence-electron chi connectivity index (χ3n) is 3.98. The largest absolute Gasteiger partial charge is 0.394 e. The highest BCUT2D eigenvalue weighted by Gasteiger charge is 2.50. The molecule has 0 amide bonds. The Hall–Kier alpha value is -0.440. The smallest absolute Gasteiger partial charge is 0.187 e. The van der Waals surface area contributed by atoms with Crippen LogP contribution in [-0.4, -0.2) is 115 Å². The van der Waals surface area contributed by atoms with Crippen molar-refractivity contribution in [1.29, 1.82) is 0 Å². The van der Waals surface area contributed by atoms with E-state index >= 15 is 0 Å². The van der Waals surface area contributed by atoms with Crippen LogP contribution in [0.15, 0.2) is 0 Å². The van der Waals surface area contributed by atoms with Crippen molar-refractivity contribution in [2.24, 2.45) is 0 Å². The first-order valence-electron chi connectivity index (χ1n) is 7.08. The lowest BCUT2D eigenvalue weighted by Gasteiger charge is -2.45. The third-order valence-corrected chi connectivity index (χ3v) is 3.98. The molecule has 11 heteroatoms. The molecule has 0 aromatic carbocycles. The molecule has 10 atom stereocenters. The predicted octanol–water partition coefficient (Wildman–Crippen LogP) is -5.40. The van der Waals surface area contributed by atoms with E-state index in [0.29, 0.717) is 0 Å². The van der Waals surface area contributed by atoms with E-state index in [0.717, 1.165) is 0 Å². The molecule has 0 bridgehead atoms. The number of ether oxygens (including phenoxy) is 3. The van der Waals surface area contributed by atoms with Gasteiger partial charge in [0.25, 0.3) is 0 Å². The molecule has 0 aromatic rings. The van der Waals surface area contributed by atoms with Crippen molar-refractivity contribution in [3.05, 3.63) is 0 Å². The second kappa shape index (κ2) is 7.63. The fourth-order valence-corrected chi connectivity index (χ4v) is 2.57. The van der Waals surface area contributed by atoms with E-state index in [4.69, 9.17) is 19.3 Å². The van der Waals surface area contributed by atoms with Crippen LogP contribution in [0, 0.1) is 0 Å².